The minimum absolute atomic E-state index is 1.31. The lowest BCUT2D eigenvalue weighted by Crippen LogP contribution is -2.27. The largest absolute Gasteiger partial charge is 0.303 e. The van der Waals surface area contributed by atoms with E-state index >= 15 is 0 Å². The highest BCUT2D eigenvalue weighted by Crippen LogP contribution is 2.17. The van der Waals surface area contributed by atoms with Crippen molar-refractivity contribution in [3.05, 3.63) is 24.3 Å². The van der Waals surface area contributed by atoms with E-state index in [0.29, 0.717) is 0 Å². The fraction of sp³-hybridized carbons (Fsp3) is 0.932. The summed E-state index contributed by atoms with van der Waals surface area (Å²) in [6, 6.07) is 0. The van der Waals surface area contributed by atoms with Crippen molar-refractivity contribution in [2.75, 3.05) is 19.6 Å². The van der Waals surface area contributed by atoms with Gasteiger partial charge >= 0.3 is 0 Å². The fourth-order valence-corrected chi connectivity index (χ4v) is 9.27. The summed E-state index contributed by atoms with van der Waals surface area (Å²) in [5.41, 5.74) is 0. The second-order valence-electron chi connectivity index (χ2n) is 19.8. The van der Waals surface area contributed by atoms with E-state index in [1.807, 2.05) is 0 Å². The Hall–Kier alpha value is -0.560. The Labute approximate surface area is 382 Å². The molecule has 0 atom stereocenters. The van der Waals surface area contributed by atoms with Crippen LogP contribution in [0.5, 0.6) is 0 Å². The Kier molecular flexibility index (Phi) is 55.9. The number of hydrogen-bond acceptors (Lipinski definition) is 1. The van der Waals surface area contributed by atoms with Crippen molar-refractivity contribution in [2.24, 2.45) is 0 Å². The summed E-state index contributed by atoms with van der Waals surface area (Å²) in [5, 5.41) is 0. The molecule has 0 rings (SSSR count). The minimum atomic E-state index is 1.31. The number of rotatable bonds is 54. The summed E-state index contributed by atoms with van der Waals surface area (Å²) >= 11 is 0. The van der Waals surface area contributed by atoms with Gasteiger partial charge < -0.3 is 4.90 Å². The molecule has 0 aliphatic heterocycles. The van der Waals surface area contributed by atoms with Gasteiger partial charge in [0.25, 0.3) is 0 Å². The first kappa shape index (κ1) is 59.4. The van der Waals surface area contributed by atoms with Crippen LogP contribution in [0.1, 0.15) is 335 Å². The summed E-state index contributed by atoms with van der Waals surface area (Å²) in [6.07, 6.45) is 80.1. The zero-order valence-corrected chi connectivity index (χ0v) is 42.5. The van der Waals surface area contributed by atoms with Gasteiger partial charge in [0, 0.05) is 0 Å². The maximum absolute atomic E-state index is 2.87. The first-order valence-electron chi connectivity index (χ1n) is 28.9. The van der Waals surface area contributed by atoms with Gasteiger partial charge in [0.05, 0.1) is 0 Å². The van der Waals surface area contributed by atoms with Crippen LogP contribution in [-0.4, -0.2) is 24.5 Å². The van der Waals surface area contributed by atoms with Crippen molar-refractivity contribution < 1.29 is 0 Å². The average Bonchev–Trinajstić information content (AvgIpc) is 3.26. The Morgan fingerprint density at radius 3 is 0.517 bits per heavy atom. The normalized spacial score (nSPS) is 12.1. The highest BCUT2D eigenvalue weighted by atomic mass is 15.1. The van der Waals surface area contributed by atoms with Crippen molar-refractivity contribution in [3.8, 4) is 0 Å². The number of unbranched alkanes of at least 4 members (excludes halogenated alkanes) is 44. The Bertz CT molecular complexity index is 740. The molecule has 0 aliphatic carbocycles. The van der Waals surface area contributed by atoms with Crippen LogP contribution in [0.2, 0.25) is 0 Å². The first-order chi connectivity index (χ1) is 29.8. The van der Waals surface area contributed by atoms with E-state index < -0.39 is 0 Å². The van der Waals surface area contributed by atoms with E-state index in [2.05, 4.69) is 50.0 Å². The standard InChI is InChI=1S/C59H117N/c1-4-7-10-13-16-19-22-25-28-31-32-33-34-35-38-41-44-47-50-53-56-59-60(57-54-51-48-45-42-39-36-29-26-23-20-17-14-11-8-5-2)58-55-52-49-46-43-40-37-30-27-24-21-18-15-12-9-6-3/h26-27,29-30H,4-25,28,31-59H2,1-3H3. The SMILES string of the molecule is CCCCCCCCC=CCCCCCCCCN(CCCCCCCCC=CCCCCCCCC)CCCCCCCCCCCCCCCCCCCCCCC. The number of allylic oxidation sites excluding steroid dienone is 4. The van der Waals surface area contributed by atoms with Crippen LogP contribution < -0.4 is 0 Å². The molecule has 0 saturated carbocycles. The highest BCUT2D eigenvalue weighted by Gasteiger charge is 2.06. The maximum Gasteiger partial charge on any atom is -0.00187 e. The highest BCUT2D eigenvalue weighted by molar-refractivity contribution is 4.82. The van der Waals surface area contributed by atoms with Gasteiger partial charge in [0.2, 0.25) is 0 Å². The molecule has 0 bridgehead atoms. The van der Waals surface area contributed by atoms with Crippen LogP contribution in [0, 0.1) is 0 Å². The summed E-state index contributed by atoms with van der Waals surface area (Å²) in [7, 11) is 0. The van der Waals surface area contributed by atoms with Crippen LogP contribution in [-0.2, 0) is 0 Å². The van der Waals surface area contributed by atoms with Crippen molar-refractivity contribution >= 4 is 0 Å². The smallest absolute Gasteiger partial charge is 0.00187 e. The second-order valence-corrected chi connectivity index (χ2v) is 19.8. The predicted octanol–water partition coefficient (Wildman–Crippen LogP) is 21.6. The third-order valence-electron chi connectivity index (χ3n) is 13.6. The molecule has 0 aliphatic rings. The van der Waals surface area contributed by atoms with E-state index in [4.69, 9.17) is 0 Å². The lowest BCUT2D eigenvalue weighted by molar-refractivity contribution is 0.254. The van der Waals surface area contributed by atoms with Gasteiger partial charge in [0.15, 0.2) is 0 Å². The molecule has 358 valence electrons. The molecule has 0 aromatic heterocycles. The molecule has 0 spiro atoms. The molecule has 0 unspecified atom stereocenters. The third-order valence-corrected chi connectivity index (χ3v) is 13.6. The van der Waals surface area contributed by atoms with Crippen LogP contribution >= 0.6 is 0 Å². The van der Waals surface area contributed by atoms with Crippen LogP contribution in [0.25, 0.3) is 0 Å². The Morgan fingerprint density at radius 2 is 0.333 bits per heavy atom. The Balaban J connectivity index is 3.99. The van der Waals surface area contributed by atoms with E-state index in [1.165, 1.54) is 334 Å². The lowest BCUT2D eigenvalue weighted by Gasteiger charge is -2.22. The first-order valence-corrected chi connectivity index (χ1v) is 28.9. The molecule has 0 N–H and O–H groups in total. The molecule has 0 saturated heterocycles. The zero-order chi connectivity index (χ0) is 43.2. The summed E-state index contributed by atoms with van der Waals surface area (Å²) in [5.74, 6) is 0. The summed E-state index contributed by atoms with van der Waals surface area (Å²) in [6.45, 7) is 11.0. The van der Waals surface area contributed by atoms with E-state index in [-0.39, 0.29) is 0 Å². The van der Waals surface area contributed by atoms with Gasteiger partial charge in [0.1, 0.15) is 0 Å². The maximum atomic E-state index is 2.87. The van der Waals surface area contributed by atoms with Crippen molar-refractivity contribution in [2.45, 2.75) is 335 Å². The molecule has 0 aromatic carbocycles. The molecular weight excluding hydrogens is 723 g/mol. The fourth-order valence-electron chi connectivity index (χ4n) is 9.27. The quantitative estimate of drug-likeness (QED) is 0.0436. The molecule has 0 amide bonds. The van der Waals surface area contributed by atoms with Gasteiger partial charge in [-0.05, 0) is 90.3 Å². The van der Waals surface area contributed by atoms with E-state index in [9.17, 15) is 0 Å². The molecule has 0 heterocycles. The van der Waals surface area contributed by atoms with Crippen LogP contribution in [0.15, 0.2) is 24.3 Å². The zero-order valence-electron chi connectivity index (χ0n) is 42.5. The minimum Gasteiger partial charge on any atom is -0.303 e. The van der Waals surface area contributed by atoms with Gasteiger partial charge in [-0.2, -0.15) is 0 Å². The molecule has 0 radical (unpaired) electrons. The molecular formula is C59H117N. The molecule has 60 heavy (non-hydrogen) atoms. The van der Waals surface area contributed by atoms with Gasteiger partial charge in [-0.25, -0.2) is 0 Å². The Morgan fingerprint density at radius 1 is 0.183 bits per heavy atom. The van der Waals surface area contributed by atoms with Crippen molar-refractivity contribution in [1.82, 2.24) is 4.90 Å². The van der Waals surface area contributed by atoms with Crippen molar-refractivity contribution in [1.29, 1.82) is 0 Å². The average molecular weight is 841 g/mol. The molecule has 1 nitrogen and oxygen atoms in total. The third kappa shape index (κ3) is 53.6. The van der Waals surface area contributed by atoms with E-state index in [1.54, 1.807) is 0 Å². The molecule has 0 aromatic rings. The number of hydrogen-bond donors (Lipinski definition) is 0. The molecule has 0 fully saturated rings. The van der Waals surface area contributed by atoms with Crippen LogP contribution in [0.3, 0.4) is 0 Å². The van der Waals surface area contributed by atoms with Gasteiger partial charge in [-0.15, -0.1) is 0 Å². The van der Waals surface area contributed by atoms with E-state index in [0.717, 1.165) is 0 Å². The predicted molar refractivity (Wildman–Crippen MR) is 278 cm³/mol. The molecule has 1 heteroatoms. The van der Waals surface area contributed by atoms with Gasteiger partial charge in [-0.3, -0.25) is 0 Å². The summed E-state index contributed by atoms with van der Waals surface area (Å²) < 4.78 is 0. The topological polar surface area (TPSA) is 3.24 Å². The van der Waals surface area contributed by atoms with Crippen LogP contribution in [0.4, 0.5) is 0 Å². The monoisotopic (exact) mass is 840 g/mol. The second kappa shape index (κ2) is 56.5. The summed E-state index contributed by atoms with van der Waals surface area (Å²) in [4.78, 5) is 2.87. The number of nitrogens with zero attached hydrogens (tertiary/aromatic N) is 1. The van der Waals surface area contributed by atoms with Crippen molar-refractivity contribution in [3.63, 3.8) is 0 Å². The van der Waals surface area contributed by atoms with Gasteiger partial charge in [-0.1, -0.05) is 289 Å². The lowest BCUT2D eigenvalue weighted by atomic mass is 10.0.